The van der Waals surface area contributed by atoms with Gasteiger partial charge in [-0.25, -0.2) is 9.38 Å². The maximum absolute atomic E-state index is 13.9. The van der Waals surface area contributed by atoms with Gasteiger partial charge in [-0.1, -0.05) is 30.3 Å². The second kappa shape index (κ2) is 11.2. The Kier molecular flexibility index (Phi) is 8.06. The van der Waals surface area contributed by atoms with Crippen molar-refractivity contribution < 1.29 is 13.9 Å². The number of amides is 1. The Morgan fingerprint density at radius 3 is 2.63 bits per heavy atom. The predicted molar refractivity (Wildman–Crippen MR) is 116 cm³/mol. The average molecular weight is 413 g/mol. The molecule has 0 spiro atoms. The van der Waals surface area contributed by atoms with Gasteiger partial charge in [-0.2, -0.15) is 0 Å². The highest BCUT2D eigenvalue weighted by molar-refractivity contribution is 5.80. The normalized spacial score (nSPS) is 14.1. The van der Waals surface area contributed by atoms with Gasteiger partial charge in [0, 0.05) is 38.2 Å². The molecule has 0 aromatic heterocycles. The van der Waals surface area contributed by atoms with Gasteiger partial charge in [-0.3, -0.25) is 4.79 Å². The molecule has 2 N–H and O–H groups in total. The van der Waals surface area contributed by atoms with Crippen LogP contribution in [-0.4, -0.2) is 42.9 Å². The van der Waals surface area contributed by atoms with Crippen molar-refractivity contribution in [3.8, 4) is 11.5 Å². The SMILES string of the molecule is CCNC(=NCc1ccccc1Oc1ccccc1F)NCCCN1CCCC1=O. The van der Waals surface area contributed by atoms with Crippen molar-refractivity contribution in [2.75, 3.05) is 26.2 Å². The van der Waals surface area contributed by atoms with Gasteiger partial charge in [0.15, 0.2) is 17.5 Å². The van der Waals surface area contributed by atoms with E-state index in [1.165, 1.54) is 6.07 Å². The fourth-order valence-electron chi connectivity index (χ4n) is 3.30. The van der Waals surface area contributed by atoms with Crippen LogP contribution < -0.4 is 15.4 Å². The van der Waals surface area contributed by atoms with Crippen LogP contribution in [0.15, 0.2) is 53.5 Å². The summed E-state index contributed by atoms with van der Waals surface area (Å²) in [5.41, 5.74) is 0.862. The Hall–Kier alpha value is -3.09. The number of carbonyl (C=O) groups excluding carboxylic acids is 1. The number of nitrogens with one attached hydrogen (secondary N) is 2. The zero-order chi connectivity index (χ0) is 21.2. The summed E-state index contributed by atoms with van der Waals surface area (Å²) in [6, 6.07) is 13.8. The number of carbonyl (C=O) groups is 1. The molecule has 7 heteroatoms. The summed E-state index contributed by atoms with van der Waals surface area (Å²) in [5.74, 6) is 1.32. The number of ether oxygens (including phenoxy) is 1. The summed E-state index contributed by atoms with van der Waals surface area (Å²) < 4.78 is 19.7. The van der Waals surface area contributed by atoms with Crippen molar-refractivity contribution in [2.45, 2.75) is 32.7 Å². The molecule has 3 rings (SSSR count). The van der Waals surface area contributed by atoms with Crippen molar-refractivity contribution in [1.82, 2.24) is 15.5 Å². The second-order valence-corrected chi connectivity index (χ2v) is 7.10. The number of benzene rings is 2. The molecule has 1 aliphatic rings. The first-order valence-electron chi connectivity index (χ1n) is 10.5. The molecule has 0 saturated carbocycles. The van der Waals surface area contributed by atoms with E-state index < -0.39 is 5.82 Å². The highest BCUT2D eigenvalue weighted by Gasteiger charge is 2.18. The first-order chi connectivity index (χ1) is 14.7. The molecule has 0 atom stereocenters. The van der Waals surface area contributed by atoms with E-state index in [0.29, 0.717) is 24.7 Å². The molecule has 2 aromatic carbocycles. The van der Waals surface area contributed by atoms with E-state index in [4.69, 9.17) is 4.74 Å². The van der Waals surface area contributed by atoms with Gasteiger partial charge in [0.25, 0.3) is 0 Å². The predicted octanol–water partition coefficient (Wildman–Crippen LogP) is 3.69. The first-order valence-corrected chi connectivity index (χ1v) is 10.5. The quantitative estimate of drug-likeness (QED) is 0.375. The molecule has 0 unspecified atom stereocenters. The van der Waals surface area contributed by atoms with E-state index in [9.17, 15) is 9.18 Å². The van der Waals surface area contributed by atoms with Crippen LogP contribution in [0.25, 0.3) is 0 Å². The Morgan fingerprint density at radius 2 is 1.90 bits per heavy atom. The summed E-state index contributed by atoms with van der Waals surface area (Å²) in [5, 5.41) is 6.53. The number of rotatable bonds is 9. The third kappa shape index (κ3) is 6.20. The number of hydrogen-bond acceptors (Lipinski definition) is 3. The van der Waals surface area contributed by atoms with E-state index in [-0.39, 0.29) is 11.7 Å². The van der Waals surface area contributed by atoms with Crippen LogP contribution in [0.5, 0.6) is 11.5 Å². The number of hydrogen-bond donors (Lipinski definition) is 2. The van der Waals surface area contributed by atoms with Crippen LogP contribution >= 0.6 is 0 Å². The number of guanidine groups is 1. The third-order valence-electron chi connectivity index (χ3n) is 4.85. The van der Waals surface area contributed by atoms with E-state index in [2.05, 4.69) is 15.6 Å². The molecular formula is C23H29FN4O2. The fourth-order valence-corrected chi connectivity index (χ4v) is 3.30. The number of halogens is 1. The fraction of sp³-hybridized carbons (Fsp3) is 0.391. The Labute approximate surface area is 177 Å². The molecule has 1 amide bonds. The van der Waals surface area contributed by atoms with E-state index in [0.717, 1.165) is 44.6 Å². The number of likely N-dealkylation sites (tertiary alicyclic amines) is 1. The Morgan fingerprint density at radius 1 is 1.13 bits per heavy atom. The lowest BCUT2D eigenvalue weighted by atomic mass is 10.2. The molecule has 0 radical (unpaired) electrons. The molecule has 1 fully saturated rings. The summed E-state index contributed by atoms with van der Waals surface area (Å²) in [7, 11) is 0. The number of nitrogens with zero attached hydrogens (tertiary/aromatic N) is 2. The smallest absolute Gasteiger partial charge is 0.222 e. The third-order valence-corrected chi connectivity index (χ3v) is 4.85. The van der Waals surface area contributed by atoms with Crippen LogP contribution in [0.3, 0.4) is 0 Å². The molecule has 0 aliphatic carbocycles. The molecule has 1 saturated heterocycles. The Bertz CT molecular complexity index is 872. The van der Waals surface area contributed by atoms with Crippen molar-refractivity contribution >= 4 is 11.9 Å². The first kappa shape index (κ1) is 21.6. The molecule has 30 heavy (non-hydrogen) atoms. The zero-order valence-corrected chi connectivity index (χ0v) is 17.4. The van der Waals surface area contributed by atoms with Gasteiger partial charge in [-0.05, 0) is 38.0 Å². The van der Waals surface area contributed by atoms with E-state index >= 15 is 0 Å². The highest BCUT2D eigenvalue weighted by atomic mass is 19.1. The second-order valence-electron chi connectivity index (χ2n) is 7.10. The van der Waals surface area contributed by atoms with Gasteiger partial charge in [0.2, 0.25) is 5.91 Å². The largest absolute Gasteiger partial charge is 0.454 e. The maximum Gasteiger partial charge on any atom is 0.222 e. The van der Waals surface area contributed by atoms with Gasteiger partial charge in [0.1, 0.15) is 5.75 Å². The summed E-state index contributed by atoms with van der Waals surface area (Å²) in [6.45, 7) is 5.50. The topological polar surface area (TPSA) is 66.0 Å². The minimum atomic E-state index is -0.401. The van der Waals surface area contributed by atoms with Gasteiger partial charge in [0.05, 0.1) is 6.54 Å². The molecule has 6 nitrogen and oxygen atoms in total. The van der Waals surface area contributed by atoms with Crippen LogP contribution in [0.2, 0.25) is 0 Å². The molecule has 1 aliphatic heterocycles. The van der Waals surface area contributed by atoms with Crippen molar-refractivity contribution in [2.24, 2.45) is 4.99 Å². The molecule has 160 valence electrons. The standard InChI is InChI=1S/C23H29FN4O2/c1-2-25-23(26-14-8-16-28-15-7-13-22(28)29)27-17-18-9-3-5-11-20(18)30-21-12-6-4-10-19(21)24/h3-6,9-12H,2,7-8,13-17H2,1H3,(H2,25,26,27). The van der Waals surface area contributed by atoms with Crippen LogP contribution in [-0.2, 0) is 11.3 Å². The monoisotopic (exact) mass is 412 g/mol. The highest BCUT2D eigenvalue weighted by Crippen LogP contribution is 2.27. The summed E-state index contributed by atoms with van der Waals surface area (Å²) in [4.78, 5) is 18.2. The van der Waals surface area contributed by atoms with Crippen molar-refractivity contribution in [3.63, 3.8) is 0 Å². The lowest BCUT2D eigenvalue weighted by molar-refractivity contribution is -0.127. The van der Waals surface area contributed by atoms with Crippen molar-refractivity contribution in [3.05, 3.63) is 59.9 Å². The maximum atomic E-state index is 13.9. The average Bonchev–Trinajstić information content (AvgIpc) is 3.16. The molecular weight excluding hydrogens is 383 g/mol. The Balaban J connectivity index is 1.57. The lowest BCUT2D eigenvalue weighted by Gasteiger charge is -2.16. The molecule has 2 aromatic rings. The summed E-state index contributed by atoms with van der Waals surface area (Å²) >= 11 is 0. The molecule has 1 heterocycles. The number of para-hydroxylation sites is 2. The van der Waals surface area contributed by atoms with Gasteiger partial charge in [-0.15, -0.1) is 0 Å². The van der Waals surface area contributed by atoms with Gasteiger partial charge >= 0.3 is 0 Å². The molecule has 0 bridgehead atoms. The van der Waals surface area contributed by atoms with Crippen LogP contribution in [0.1, 0.15) is 31.7 Å². The van der Waals surface area contributed by atoms with Gasteiger partial charge < -0.3 is 20.3 Å². The van der Waals surface area contributed by atoms with E-state index in [1.807, 2.05) is 36.1 Å². The zero-order valence-electron chi connectivity index (χ0n) is 17.4. The number of aliphatic imine (C=N–C) groups is 1. The van der Waals surface area contributed by atoms with Crippen LogP contribution in [0.4, 0.5) is 4.39 Å². The minimum absolute atomic E-state index is 0.190. The van der Waals surface area contributed by atoms with E-state index in [1.54, 1.807) is 18.2 Å². The minimum Gasteiger partial charge on any atom is -0.454 e. The summed E-state index contributed by atoms with van der Waals surface area (Å²) in [6.07, 6.45) is 2.50. The van der Waals surface area contributed by atoms with Crippen molar-refractivity contribution in [1.29, 1.82) is 0 Å². The lowest BCUT2D eigenvalue weighted by Crippen LogP contribution is -2.39. The van der Waals surface area contributed by atoms with Crippen LogP contribution in [0, 0.1) is 5.82 Å².